The minimum atomic E-state index is -0.249. The summed E-state index contributed by atoms with van der Waals surface area (Å²) in [5, 5.41) is 3.29. The van der Waals surface area contributed by atoms with Crippen molar-refractivity contribution in [1.82, 2.24) is 10.3 Å². The lowest BCUT2D eigenvalue weighted by Gasteiger charge is -2.07. The van der Waals surface area contributed by atoms with Crippen molar-refractivity contribution in [3.63, 3.8) is 0 Å². The molecule has 1 heterocycles. The van der Waals surface area contributed by atoms with E-state index in [0.717, 1.165) is 30.8 Å². The normalized spacial score (nSPS) is 10.5. The van der Waals surface area contributed by atoms with Gasteiger partial charge in [-0.2, -0.15) is 0 Å². The molecule has 0 aliphatic heterocycles. The molecular weight excluding hydrogens is 255 g/mol. The molecule has 0 atom stereocenters. The van der Waals surface area contributed by atoms with E-state index in [9.17, 15) is 4.39 Å². The predicted molar refractivity (Wildman–Crippen MR) is 77.0 cm³/mol. The summed E-state index contributed by atoms with van der Waals surface area (Å²) in [5.41, 5.74) is 1.79. The van der Waals surface area contributed by atoms with Crippen molar-refractivity contribution in [2.24, 2.45) is 0 Å². The van der Waals surface area contributed by atoms with Crippen molar-refractivity contribution >= 4 is 0 Å². The first-order valence-corrected chi connectivity index (χ1v) is 6.81. The highest BCUT2D eigenvalue weighted by Gasteiger charge is 1.99. The van der Waals surface area contributed by atoms with E-state index in [-0.39, 0.29) is 5.82 Å². The number of nitrogens with one attached hydrogen (secondary N) is 1. The highest BCUT2D eigenvalue weighted by molar-refractivity contribution is 5.21. The van der Waals surface area contributed by atoms with Crippen LogP contribution in [0, 0.1) is 5.82 Å². The average molecular weight is 274 g/mol. The Morgan fingerprint density at radius 3 is 2.85 bits per heavy atom. The Balaban J connectivity index is 1.84. The van der Waals surface area contributed by atoms with Crippen molar-refractivity contribution in [2.45, 2.75) is 26.5 Å². The second kappa shape index (κ2) is 7.60. The number of aromatic nitrogens is 1. The monoisotopic (exact) mass is 274 g/mol. The van der Waals surface area contributed by atoms with Gasteiger partial charge in [0, 0.05) is 6.54 Å². The standard InChI is InChI=1S/C16H19FN2O/c1-2-8-18-10-15-6-7-16(11-19-15)20-12-13-4-3-5-14(17)9-13/h3-7,9,11,18H,2,8,10,12H2,1H3. The fourth-order valence-electron chi connectivity index (χ4n) is 1.79. The summed E-state index contributed by atoms with van der Waals surface area (Å²) < 4.78 is 18.6. The Morgan fingerprint density at radius 2 is 2.15 bits per heavy atom. The van der Waals surface area contributed by atoms with Crippen molar-refractivity contribution in [2.75, 3.05) is 6.54 Å². The van der Waals surface area contributed by atoms with Gasteiger partial charge in [0.25, 0.3) is 0 Å². The van der Waals surface area contributed by atoms with Gasteiger partial charge in [-0.05, 0) is 42.8 Å². The highest BCUT2D eigenvalue weighted by atomic mass is 19.1. The van der Waals surface area contributed by atoms with Gasteiger partial charge in [0.15, 0.2) is 0 Å². The van der Waals surface area contributed by atoms with Crippen molar-refractivity contribution in [1.29, 1.82) is 0 Å². The molecular formula is C16H19FN2O. The molecule has 0 spiro atoms. The summed E-state index contributed by atoms with van der Waals surface area (Å²) in [6, 6.07) is 10.2. The summed E-state index contributed by atoms with van der Waals surface area (Å²) in [6.07, 6.45) is 2.80. The van der Waals surface area contributed by atoms with Crippen molar-refractivity contribution in [3.8, 4) is 5.75 Å². The minimum absolute atomic E-state index is 0.249. The molecule has 20 heavy (non-hydrogen) atoms. The Labute approximate surface area is 118 Å². The van der Waals surface area contributed by atoms with Crippen LogP contribution in [-0.2, 0) is 13.2 Å². The molecule has 0 bridgehead atoms. The number of hydrogen-bond donors (Lipinski definition) is 1. The molecule has 1 N–H and O–H groups in total. The number of nitrogens with zero attached hydrogens (tertiary/aromatic N) is 1. The SMILES string of the molecule is CCCNCc1ccc(OCc2cccc(F)c2)cn1. The zero-order valence-corrected chi connectivity index (χ0v) is 11.6. The van der Waals surface area contributed by atoms with Crippen LogP contribution in [0.5, 0.6) is 5.75 Å². The molecule has 0 aliphatic carbocycles. The molecule has 0 unspecified atom stereocenters. The van der Waals surface area contributed by atoms with E-state index in [1.54, 1.807) is 12.3 Å². The van der Waals surface area contributed by atoms with E-state index in [0.29, 0.717) is 12.4 Å². The number of halogens is 1. The summed E-state index contributed by atoms with van der Waals surface area (Å²) in [4.78, 5) is 4.32. The van der Waals surface area contributed by atoms with Crippen LogP contribution < -0.4 is 10.1 Å². The van der Waals surface area contributed by atoms with Gasteiger partial charge in [-0.1, -0.05) is 19.1 Å². The number of benzene rings is 1. The maximum atomic E-state index is 13.0. The molecule has 1 aromatic carbocycles. The second-order valence-corrected chi connectivity index (χ2v) is 4.58. The van der Waals surface area contributed by atoms with Crippen LogP contribution in [0.2, 0.25) is 0 Å². The van der Waals surface area contributed by atoms with Crippen LogP contribution in [0.25, 0.3) is 0 Å². The highest BCUT2D eigenvalue weighted by Crippen LogP contribution is 2.12. The molecule has 2 aromatic rings. The number of pyridine rings is 1. The van der Waals surface area contributed by atoms with Crippen LogP contribution in [0.4, 0.5) is 4.39 Å². The van der Waals surface area contributed by atoms with Gasteiger partial charge in [0.1, 0.15) is 18.2 Å². The fraction of sp³-hybridized carbons (Fsp3) is 0.312. The Kier molecular flexibility index (Phi) is 5.50. The van der Waals surface area contributed by atoms with Crippen molar-refractivity contribution in [3.05, 3.63) is 59.7 Å². The van der Waals surface area contributed by atoms with Crippen LogP contribution in [0.3, 0.4) is 0 Å². The maximum Gasteiger partial charge on any atom is 0.138 e. The van der Waals surface area contributed by atoms with E-state index in [1.165, 1.54) is 12.1 Å². The molecule has 4 heteroatoms. The molecule has 0 saturated carbocycles. The first-order valence-electron chi connectivity index (χ1n) is 6.81. The van der Waals surface area contributed by atoms with E-state index >= 15 is 0 Å². The van der Waals surface area contributed by atoms with Gasteiger partial charge >= 0.3 is 0 Å². The molecule has 0 aliphatic rings. The minimum Gasteiger partial charge on any atom is -0.487 e. The third-order valence-corrected chi connectivity index (χ3v) is 2.83. The van der Waals surface area contributed by atoms with Crippen LogP contribution in [-0.4, -0.2) is 11.5 Å². The topological polar surface area (TPSA) is 34.1 Å². The lowest BCUT2D eigenvalue weighted by atomic mass is 10.2. The summed E-state index contributed by atoms with van der Waals surface area (Å²) in [7, 11) is 0. The second-order valence-electron chi connectivity index (χ2n) is 4.58. The van der Waals surface area contributed by atoms with Gasteiger partial charge in [0.2, 0.25) is 0 Å². The van der Waals surface area contributed by atoms with Crippen LogP contribution in [0.1, 0.15) is 24.6 Å². The smallest absolute Gasteiger partial charge is 0.138 e. The van der Waals surface area contributed by atoms with Gasteiger partial charge in [-0.3, -0.25) is 4.98 Å². The van der Waals surface area contributed by atoms with E-state index in [2.05, 4.69) is 17.2 Å². The average Bonchev–Trinajstić information content (AvgIpc) is 2.47. The zero-order chi connectivity index (χ0) is 14.2. The lowest BCUT2D eigenvalue weighted by Crippen LogP contribution is -2.14. The first kappa shape index (κ1) is 14.5. The Bertz CT molecular complexity index is 528. The number of ether oxygens (including phenoxy) is 1. The fourth-order valence-corrected chi connectivity index (χ4v) is 1.79. The molecule has 3 nitrogen and oxygen atoms in total. The number of rotatable bonds is 7. The van der Waals surface area contributed by atoms with E-state index < -0.39 is 0 Å². The predicted octanol–water partition coefficient (Wildman–Crippen LogP) is 3.30. The first-order chi connectivity index (χ1) is 9.78. The van der Waals surface area contributed by atoms with E-state index in [1.807, 2.05) is 18.2 Å². The molecule has 0 saturated heterocycles. The molecule has 0 amide bonds. The van der Waals surface area contributed by atoms with Gasteiger partial charge in [-0.15, -0.1) is 0 Å². The Morgan fingerprint density at radius 1 is 1.25 bits per heavy atom. The van der Waals surface area contributed by atoms with E-state index in [4.69, 9.17) is 4.74 Å². The Hall–Kier alpha value is -1.94. The lowest BCUT2D eigenvalue weighted by molar-refractivity contribution is 0.304. The van der Waals surface area contributed by atoms with Gasteiger partial charge < -0.3 is 10.1 Å². The molecule has 2 rings (SSSR count). The zero-order valence-electron chi connectivity index (χ0n) is 11.6. The van der Waals surface area contributed by atoms with Crippen LogP contribution in [0.15, 0.2) is 42.6 Å². The molecule has 106 valence electrons. The summed E-state index contributed by atoms with van der Waals surface area (Å²) in [6.45, 7) is 4.22. The molecule has 1 aromatic heterocycles. The van der Waals surface area contributed by atoms with Gasteiger partial charge in [-0.25, -0.2) is 4.39 Å². The van der Waals surface area contributed by atoms with Gasteiger partial charge in [0.05, 0.1) is 11.9 Å². The molecule has 0 fully saturated rings. The van der Waals surface area contributed by atoms with Crippen molar-refractivity contribution < 1.29 is 9.13 Å². The number of hydrogen-bond acceptors (Lipinski definition) is 3. The largest absolute Gasteiger partial charge is 0.487 e. The third kappa shape index (κ3) is 4.63. The maximum absolute atomic E-state index is 13.0. The summed E-state index contributed by atoms with van der Waals surface area (Å²) in [5.74, 6) is 0.440. The van der Waals surface area contributed by atoms with Crippen LogP contribution >= 0.6 is 0 Å². The summed E-state index contributed by atoms with van der Waals surface area (Å²) >= 11 is 0. The quantitative estimate of drug-likeness (QED) is 0.787. The third-order valence-electron chi connectivity index (χ3n) is 2.83. The molecule has 0 radical (unpaired) electrons.